The molecule has 0 aliphatic heterocycles. The lowest BCUT2D eigenvalue weighted by atomic mass is 10.0. The van der Waals surface area contributed by atoms with Gasteiger partial charge in [-0.05, 0) is 37.5 Å². The quantitative estimate of drug-likeness (QED) is 0.458. The minimum Gasteiger partial charge on any atom is -0.449 e. The van der Waals surface area contributed by atoms with Crippen LogP contribution in [0, 0.1) is 17.0 Å². The van der Waals surface area contributed by atoms with Gasteiger partial charge in [-0.1, -0.05) is 37.3 Å². The maximum atomic E-state index is 12.2. The first-order chi connectivity index (χ1) is 12.8. The largest absolute Gasteiger partial charge is 0.449 e. The van der Waals surface area contributed by atoms with Gasteiger partial charge in [0.15, 0.2) is 6.10 Å². The van der Waals surface area contributed by atoms with Gasteiger partial charge >= 0.3 is 5.97 Å². The number of hydrogen-bond donors (Lipinski definition) is 1. The monoisotopic (exact) mass is 370 g/mol. The summed E-state index contributed by atoms with van der Waals surface area (Å²) in [6.07, 6.45) is -0.976. The predicted molar refractivity (Wildman–Crippen MR) is 101 cm³/mol. The molecule has 142 valence electrons. The van der Waals surface area contributed by atoms with Crippen molar-refractivity contribution in [2.24, 2.45) is 0 Å². The van der Waals surface area contributed by atoms with E-state index in [9.17, 15) is 19.7 Å². The van der Waals surface area contributed by atoms with Gasteiger partial charge < -0.3 is 10.1 Å². The SMILES string of the molecule is Cc1cc(C(=O)O[C@H](C)C(=O)NC[C@H](C)c2ccccc2)ccc1[N+](=O)[O-]. The first-order valence-electron chi connectivity index (χ1n) is 8.58. The Hall–Kier alpha value is -3.22. The van der Waals surface area contributed by atoms with Crippen LogP contribution < -0.4 is 5.32 Å². The second-order valence-corrected chi connectivity index (χ2v) is 6.36. The maximum Gasteiger partial charge on any atom is 0.338 e. The van der Waals surface area contributed by atoms with Gasteiger partial charge in [0.25, 0.3) is 11.6 Å². The molecule has 2 atom stereocenters. The predicted octanol–water partition coefficient (Wildman–Crippen LogP) is 3.37. The summed E-state index contributed by atoms with van der Waals surface area (Å²) in [5, 5.41) is 13.6. The van der Waals surface area contributed by atoms with Crippen molar-refractivity contribution in [3.8, 4) is 0 Å². The Kier molecular flexibility index (Phi) is 6.65. The van der Waals surface area contributed by atoms with E-state index in [-0.39, 0.29) is 17.2 Å². The van der Waals surface area contributed by atoms with E-state index in [2.05, 4.69) is 5.32 Å². The molecule has 0 aliphatic carbocycles. The zero-order chi connectivity index (χ0) is 20.0. The zero-order valence-electron chi connectivity index (χ0n) is 15.5. The van der Waals surface area contributed by atoms with E-state index < -0.39 is 22.9 Å². The highest BCUT2D eigenvalue weighted by molar-refractivity contribution is 5.92. The fourth-order valence-electron chi connectivity index (χ4n) is 2.57. The number of nitro benzene ring substituents is 1. The molecule has 7 nitrogen and oxygen atoms in total. The molecule has 7 heteroatoms. The van der Waals surface area contributed by atoms with Crippen molar-refractivity contribution < 1.29 is 19.2 Å². The summed E-state index contributed by atoms with van der Waals surface area (Å²) in [6, 6.07) is 13.7. The fourth-order valence-corrected chi connectivity index (χ4v) is 2.57. The summed E-state index contributed by atoms with van der Waals surface area (Å²) in [7, 11) is 0. The average Bonchev–Trinajstić information content (AvgIpc) is 2.65. The van der Waals surface area contributed by atoms with Crippen molar-refractivity contribution in [1.82, 2.24) is 5.32 Å². The minimum absolute atomic E-state index is 0.0766. The topological polar surface area (TPSA) is 98.5 Å². The van der Waals surface area contributed by atoms with Gasteiger partial charge in [0.05, 0.1) is 10.5 Å². The van der Waals surface area contributed by atoms with Gasteiger partial charge in [-0.2, -0.15) is 0 Å². The molecule has 0 heterocycles. The summed E-state index contributed by atoms with van der Waals surface area (Å²) in [5.74, 6) is -0.980. The van der Waals surface area contributed by atoms with Crippen LogP contribution in [0.3, 0.4) is 0 Å². The maximum absolute atomic E-state index is 12.2. The molecule has 0 bridgehead atoms. The molecule has 2 aromatic carbocycles. The average molecular weight is 370 g/mol. The highest BCUT2D eigenvalue weighted by atomic mass is 16.6. The molecule has 0 saturated heterocycles. The molecule has 0 fully saturated rings. The van der Waals surface area contributed by atoms with Crippen molar-refractivity contribution in [1.29, 1.82) is 0 Å². The van der Waals surface area contributed by atoms with Gasteiger partial charge in [0, 0.05) is 18.2 Å². The van der Waals surface area contributed by atoms with Gasteiger partial charge in [-0.15, -0.1) is 0 Å². The Labute approximate surface area is 157 Å². The minimum atomic E-state index is -0.976. The van der Waals surface area contributed by atoms with Gasteiger partial charge in [0.1, 0.15) is 0 Å². The number of carbonyl (C=O) groups excluding carboxylic acids is 2. The fraction of sp³-hybridized carbons (Fsp3) is 0.300. The number of esters is 1. The number of nitro groups is 1. The van der Waals surface area contributed by atoms with E-state index >= 15 is 0 Å². The molecule has 2 rings (SSSR count). The highest BCUT2D eigenvalue weighted by Crippen LogP contribution is 2.19. The molecule has 27 heavy (non-hydrogen) atoms. The molecule has 0 saturated carbocycles. The van der Waals surface area contributed by atoms with E-state index in [1.165, 1.54) is 32.0 Å². The van der Waals surface area contributed by atoms with Crippen LogP contribution in [0.1, 0.15) is 41.3 Å². The Morgan fingerprint density at radius 3 is 2.41 bits per heavy atom. The second kappa shape index (κ2) is 8.93. The number of nitrogens with one attached hydrogen (secondary N) is 1. The molecule has 0 spiro atoms. The normalized spacial score (nSPS) is 12.7. The number of benzene rings is 2. The Morgan fingerprint density at radius 2 is 1.81 bits per heavy atom. The molecule has 0 radical (unpaired) electrons. The van der Waals surface area contributed by atoms with E-state index in [1.54, 1.807) is 0 Å². The third kappa shape index (κ3) is 5.37. The Bertz CT molecular complexity index is 836. The first kappa shape index (κ1) is 20.1. The van der Waals surface area contributed by atoms with Crippen molar-refractivity contribution in [2.45, 2.75) is 32.8 Å². The smallest absolute Gasteiger partial charge is 0.338 e. The number of rotatable bonds is 7. The van der Waals surface area contributed by atoms with E-state index in [0.717, 1.165) is 5.56 Å². The first-order valence-corrected chi connectivity index (χ1v) is 8.58. The number of nitrogens with zero attached hydrogens (tertiary/aromatic N) is 1. The van der Waals surface area contributed by atoms with Crippen LogP contribution in [-0.4, -0.2) is 29.4 Å². The highest BCUT2D eigenvalue weighted by Gasteiger charge is 2.21. The Morgan fingerprint density at radius 1 is 1.15 bits per heavy atom. The van der Waals surface area contributed by atoms with Crippen LogP contribution in [-0.2, 0) is 9.53 Å². The standard InChI is InChI=1S/C20H22N2O5/c1-13-11-17(9-10-18(13)22(25)26)20(24)27-15(3)19(23)21-12-14(2)16-7-5-4-6-8-16/h4-11,14-15H,12H2,1-3H3,(H,21,23)/t14-,15+/m0/s1. The number of aryl methyl sites for hydroxylation is 1. The summed E-state index contributed by atoms with van der Waals surface area (Å²) >= 11 is 0. The summed E-state index contributed by atoms with van der Waals surface area (Å²) in [4.78, 5) is 34.7. The summed E-state index contributed by atoms with van der Waals surface area (Å²) < 4.78 is 5.17. The molecular weight excluding hydrogens is 348 g/mol. The third-order valence-corrected chi connectivity index (χ3v) is 4.23. The number of carbonyl (C=O) groups is 2. The van der Waals surface area contributed by atoms with Crippen molar-refractivity contribution in [2.75, 3.05) is 6.54 Å². The van der Waals surface area contributed by atoms with Crippen LogP contribution >= 0.6 is 0 Å². The van der Waals surface area contributed by atoms with Crippen LogP contribution in [0.25, 0.3) is 0 Å². The van der Waals surface area contributed by atoms with E-state index in [1.807, 2.05) is 37.3 Å². The number of amides is 1. The molecule has 0 aromatic heterocycles. The number of hydrogen-bond acceptors (Lipinski definition) is 5. The van der Waals surface area contributed by atoms with Crippen molar-refractivity contribution in [3.63, 3.8) is 0 Å². The number of ether oxygens (including phenoxy) is 1. The summed E-state index contributed by atoms with van der Waals surface area (Å²) in [5.41, 5.74) is 1.54. The zero-order valence-corrected chi connectivity index (χ0v) is 15.5. The lowest BCUT2D eigenvalue weighted by Gasteiger charge is -2.17. The molecule has 0 aliphatic rings. The van der Waals surface area contributed by atoms with Crippen LogP contribution in [0.4, 0.5) is 5.69 Å². The van der Waals surface area contributed by atoms with Gasteiger partial charge in [-0.25, -0.2) is 4.79 Å². The van der Waals surface area contributed by atoms with Gasteiger partial charge in [0.2, 0.25) is 0 Å². The van der Waals surface area contributed by atoms with Crippen LogP contribution in [0.5, 0.6) is 0 Å². The molecular formula is C20H22N2O5. The Balaban J connectivity index is 1.91. The van der Waals surface area contributed by atoms with Crippen LogP contribution in [0.2, 0.25) is 0 Å². The van der Waals surface area contributed by atoms with Crippen LogP contribution in [0.15, 0.2) is 48.5 Å². The van der Waals surface area contributed by atoms with Crippen molar-refractivity contribution in [3.05, 3.63) is 75.3 Å². The molecule has 1 amide bonds. The lowest BCUT2D eigenvalue weighted by molar-refractivity contribution is -0.385. The second-order valence-electron chi connectivity index (χ2n) is 6.36. The lowest BCUT2D eigenvalue weighted by Crippen LogP contribution is -2.37. The van der Waals surface area contributed by atoms with E-state index in [4.69, 9.17) is 4.74 Å². The molecule has 2 aromatic rings. The third-order valence-electron chi connectivity index (χ3n) is 4.23. The molecule has 0 unspecified atom stereocenters. The summed E-state index contributed by atoms with van der Waals surface area (Å²) in [6.45, 7) is 5.43. The van der Waals surface area contributed by atoms with E-state index in [0.29, 0.717) is 12.1 Å². The van der Waals surface area contributed by atoms with Crippen molar-refractivity contribution >= 4 is 17.6 Å². The van der Waals surface area contributed by atoms with Gasteiger partial charge in [-0.3, -0.25) is 14.9 Å². The molecule has 1 N–H and O–H groups in total.